The van der Waals surface area contributed by atoms with Gasteiger partial charge in [0.05, 0.1) is 12.3 Å². The van der Waals surface area contributed by atoms with E-state index in [4.69, 9.17) is 4.74 Å². The largest absolute Gasteiger partial charge is 0.381 e. The zero-order chi connectivity index (χ0) is 24.0. The van der Waals surface area contributed by atoms with Crippen molar-refractivity contribution in [3.05, 3.63) is 0 Å². The molecule has 3 heterocycles. The number of piperidine rings is 1. The lowest BCUT2D eigenvalue weighted by Gasteiger charge is -2.43. The fraction of sp³-hybridized carbons (Fsp3) is 0.963. The summed E-state index contributed by atoms with van der Waals surface area (Å²) in [6.45, 7) is 7.13. The molecule has 0 radical (unpaired) electrons. The number of amides is 1. The number of piperazine rings is 1. The molecule has 8 heteroatoms. The van der Waals surface area contributed by atoms with Crippen LogP contribution >= 0.6 is 0 Å². The maximum Gasteiger partial charge on any atom is 0.225 e. The minimum absolute atomic E-state index is 0.173. The van der Waals surface area contributed by atoms with Gasteiger partial charge < -0.3 is 15.0 Å². The van der Waals surface area contributed by atoms with Crippen LogP contribution in [-0.4, -0.2) is 93.2 Å². The summed E-state index contributed by atoms with van der Waals surface area (Å²) in [6.07, 6.45) is 14.4. The predicted octanol–water partition coefficient (Wildman–Crippen LogP) is 1.68. The van der Waals surface area contributed by atoms with Crippen LogP contribution in [0.5, 0.6) is 0 Å². The summed E-state index contributed by atoms with van der Waals surface area (Å²) in [6, 6.07) is 0.420. The molecule has 3 unspecified atom stereocenters. The van der Waals surface area contributed by atoms with E-state index >= 15 is 0 Å². The molecule has 1 amide bonds. The quantitative estimate of drug-likeness (QED) is 0.451. The van der Waals surface area contributed by atoms with Gasteiger partial charge in [-0.3, -0.25) is 25.6 Å². The van der Waals surface area contributed by atoms with E-state index in [1.165, 1.54) is 51.4 Å². The van der Waals surface area contributed by atoms with Gasteiger partial charge in [0.15, 0.2) is 0 Å². The van der Waals surface area contributed by atoms with Gasteiger partial charge >= 0.3 is 0 Å². The number of carbonyl (C=O) groups excluding carboxylic acids is 1. The lowest BCUT2D eigenvalue weighted by molar-refractivity contribution is -0.139. The van der Waals surface area contributed by atoms with Gasteiger partial charge in [0.25, 0.3) is 0 Å². The third-order valence-electron chi connectivity index (χ3n) is 9.66. The van der Waals surface area contributed by atoms with Gasteiger partial charge in [0, 0.05) is 58.3 Å². The van der Waals surface area contributed by atoms with Gasteiger partial charge in [0.1, 0.15) is 6.29 Å². The minimum Gasteiger partial charge on any atom is -0.381 e. The second-order valence-electron chi connectivity index (χ2n) is 11.8. The average Bonchev–Trinajstić information content (AvgIpc) is 2.94. The van der Waals surface area contributed by atoms with Crippen LogP contribution in [0.25, 0.3) is 0 Å². The Morgan fingerprint density at radius 2 is 1.60 bits per heavy atom. The molecule has 200 valence electrons. The third-order valence-corrected chi connectivity index (χ3v) is 9.66. The summed E-state index contributed by atoms with van der Waals surface area (Å²) in [7, 11) is 1.85. The van der Waals surface area contributed by atoms with E-state index in [-0.39, 0.29) is 12.2 Å². The molecule has 35 heavy (non-hydrogen) atoms. The Balaban J connectivity index is 1.02. The Kier molecular flexibility index (Phi) is 9.35. The third kappa shape index (κ3) is 6.76. The molecule has 2 saturated carbocycles. The lowest BCUT2D eigenvalue weighted by Crippen LogP contribution is -2.63. The first-order chi connectivity index (χ1) is 17.2. The molecule has 0 aromatic carbocycles. The van der Waals surface area contributed by atoms with Crippen molar-refractivity contribution in [1.29, 1.82) is 0 Å². The Labute approximate surface area is 212 Å². The molecular weight excluding hydrogens is 440 g/mol. The first-order valence-corrected chi connectivity index (χ1v) is 14.7. The second-order valence-corrected chi connectivity index (χ2v) is 11.8. The molecule has 0 aromatic rings. The fourth-order valence-corrected chi connectivity index (χ4v) is 7.39. The lowest BCUT2D eigenvalue weighted by atomic mass is 9.78. The standard InChI is InChI=1S/C27H50N6O2/c1-35-24-10-8-20(9-11-24)22-18-29-27(30-19-22)31-23-6-4-5-21(17-23)26(34)33-15-13-32(14-16-33)25-7-2-3-12-28-25/h20-25,27-31H,2-19H2,1H3. The molecule has 5 rings (SSSR count). The number of carbonyl (C=O) groups is 1. The first-order valence-electron chi connectivity index (χ1n) is 14.7. The normalized spacial score (nSPS) is 39.9. The maximum atomic E-state index is 13.4. The molecule has 5 aliphatic rings. The van der Waals surface area contributed by atoms with Crippen molar-refractivity contribution in [2.75, 3.05) is 52.9 Å². The average molecular weight is 491 g/mol. The summed E-state index contributed by atoms with van der Waals surface area (Å²) in [5.41, 5.74) is 0. The Morgan fingerprint density at radius 3 is 2.29 bits per heavy atom. The monoisotopic (exact) mass is 490 g/mol. The van der Waals surface area contributed by atoms with E-state index in [1.54, 1.807) is 0 Å². The van der Waals surface area contributed by atoms with Crippen LogP contribution in [0.4, 0.5) is 0 Å². The number of nitrogens with zero attached hydrogens (tertiary/aromatic N) is 2. The van der Waals surface area contributed by atoms with E-state index < -0.39 is 0 Å². The van der Waals surface area contributed by atoms with Crippen molar-refractivity contribution in [2.24, 2.45) is 17.8 Å². The molecule has 3 aliphatic heterocycles. The SMILES string of the molecule is COC1CCC(C2CNC(NC3CCCC(C(=O)N4CCN(C5CCCCN5)CC4)C3)NC2)CC1. The number of rotatable bonds is 6. The van der Waals surface area contributed by atoms with Crippen LogP contribution in [0.15, 0.2) is 0 Å². The molecule has 2 aliphatic carbocycles. The summed E-state index contributed by atoms with van der Waals surface area (Å²) >= 11 is 0. The maximum absolute atomic E-state index is 13.4. The summed E-state index contributed by atoms with van der Waals surface area (Å²) in [4.78, 5) is 18.1. The van der Waals surface area contributed by atoms with Crippen LogP contribution in [-0.2, 0) is 9.53 Å². The first kappa shape index (κ1) is 25.9. The van der Waals surface area contributed by atoms with Crippen LogP contribution in [0.3, 0.4) is 0 Å². The number of hydrogen-bond acceptors (Lipinski definition) is 7. The topological polar surface area (TPSA) is 80.9 Å². The van der Waals surface area contributed by atoms with E-state index in [0.717, 1.165) is 71.0 Å². The smallest absolute Gasteiger partial charge is 0.225 e. The Bertz CT molecular complexity index is 650. The molecule has 8 nitrogen and oxygen atoms in total. The van der Waals surface area contributed by atoms with Crippen molar-refractivity contribution in [3.63, 3.8) is 0 Å². The molecule has 0 aromatic heterocycles. The zero-order valence-corrected chi connectivity index (χ0v) is 22.0. The van der Waals surface area contributed by atoms with Gasteiger partial charge in [-0.2, -0.15) is 0 Å². The fourth-order valence-electron chi connectivity index (χ4n) is 7.39. The molecule has 5 fully saturated rings. The molecule has 3 atom stereocenters. The molecule has 3 saturated heterocycles. The summed E-state index contributed by atoms with van der Waals surface area (Å²) < 4.78 is 5.55. The van der Waals surface area contributed by atoms with Crippen molar-refractivity contribution in [3.8, 4) is 0 Å². The Hall–Kier alpha value is -0.770. The van der Waals surface area contributed by atoms with Gasteiger partial charge in [-0.25, -0.2) is 0 Å². The summed E-state index contributed by atoms with van der Waals surface area (Å²) in [5, 5.41) is 14.9. The highest BCUT2D eigenvalue weighted by Crippen LogP contribution is 2.32. The predicted molar refractivity (Wildman–Crippen MR) is 139 cm³/mol. The van der Waals surface area contributed by atoms with Gasteiger partial charge in [0.2, 0.25) is 5.91 Å². The van der Waals surface area contributed by atoms with Crippen LogP contribution in [0, 0.1) is 17.8 Å². The summed E-state index contributed by atoms with van der Waals surface area (Å²) in [5.74, 6) is 2.12. The molecule has 4 N–H and O–H groups in total. The van der Waals surface area contributed by atoms with E-state index in [0.29, 0.717) is 30.1 Å². The highest BCUT2D eigenvalue weighted by Gasteiger charge is 2.35. The number of hydrogen-bond donors (Lipinski definition) is 4. The highest BCUT2D eigenvalue weighted by atomic mass is 16.5. The van der Waals surface area contributed by atoms with Crippen LogP contribution < -0.4 is 21.3 Å². The van der Waals surface area contributed by atoms with Gasteiger partial charge in [-0.15, -0.1) is 0 Å². The van der Waals surface area contributed by atoms with E-state index in [2.05, 4.69) is 31.1 Å². The van der Waals surface area contributed by atoms with Crippen LogP contribution in [0.2, 0.25) is 0 Å². The van der Waals surface area contributed by atoms with Gasteiger partial charge in [-0.05, 0) is 82.6 Å². The van der Waals surface area contributed by atoms with E-state index in [1.807, 2.05) is 7.11 Å². The van der Waals surface area contributed by atoms with Crippen molar-refractivity contribution < 1.29 is 9.53 Å². The van der Waals surface area contributed by atoms with Crippen LogP contribution in [0.1, 0.15) is 70.6 Å². The second kappa shape index (κ2) is 12.7. The Morgan fingerprint density at radius 1 is 0.829 bits per heavy atom. The highest BCUT2D eigenvalue weighted by molar-refractivity contribution is 5.79. The minimum atomic E-state index is 0.173. The number of methoxy groups -OCH3 is 1. The molecule has 0 bridgehead atoms. The van der Waals surface area contributed by atoms with Gasteiger partial charge in [-0.1, -0.05) is 6.42 Å². The number of ether oxygens (including phenoxy) is 1. The van der Waals surface area contributed by atoms with Crippen molar-refractivity contribution in [2.45, 2.75) is 95.2 Å². The van der Waals surface area contributed by atoms with Crippen molar-refractivity contribution >= 4 is 5.91 Å². The van der Waals surface area contributed by atoms with Crippen molar-refractivity contribution in [1.82, 2.24) is 31.1 Å². The molecule has 0 spiro atoms. The molecular formula is C27H50N6O2. The van der Waals surface area contributed by atoms with E-state index in [9.17, 15) is 4.79 Å². The number of nitrogens with one attached hydrogen (secondary N) is 4. The zero-order valence-electron chi connectivity index (χ0n) is 22.0.